The van der Waals surface area contributed by atoms with Gasteiger partial charge in [-0.1, -0.05) is 65.7 Å². The van der Waals surface area contributed by atoms with Crippen molar-refractivity contribution < 1.29 is 9.53 Å². The van der Waals surface area contributed by atoms with Gasteiger partial charge in [-0.2, -0.15) is 0 Å². The SMILES string of the molecule is COC(=O)C1=C(Cc2ccc(Cl)cc2)CC(I)C1(C)C. The van der Waals surface area contributed by atoms with Gasteiger partial charge in [-0.3, -0.25) is 0 Å². The highest BCUT2D eigenvalue weighted by molar-refractivity contribution is 14.1. The van der Waals surface area contributed by atoms with Crippen molar-refractivity contribution >= 4 is 40.2 Å². The smallest absolute Gasteiger partial charge is 0.334 e. The number of carbonyl (C=O) groups is 1. The molecule has 1 unspecified atom stereocenters. The molecule has 0 saturated heterocycles. The molecule has 0 saturated carbocycles. The van der Waals surface area contributed by atoms with Crippen LogP contribution in [0.3, 0.4) is 0 Å². The molecule has 4 heteroatoms. The lowest BCUT2D eigenvalue weighted by molar-refractivity contribution is -0.137. The maximum atomic E-state index is 12.1. The summed E-state index contributed by atoms with van der Waals surface area (Å²) in [7, 11) is 1.45. The van der Waals surface area contributed by atoms with Gasteiger partial charge in [-0.25, -0.2) is 4.79 Å². The van der Waals surface area contributed by atoms with Gasteiger partial charge in [0.25, 0.3) is 0 Å². The van der Waals surface area contributed by atoms with E-state index in [1.54, 1.807) is 0 Å². The number of halogens is 2. The summed E-state index contributed by atoms with van der Waals surface area (Å²) in [6, 6.07) is 7.79. The maximum Gasteiger partial charge on any atom is 0.334 e. The Morgan fingerprint density at radius 3 is 2.55 bits per heavy atom. The quantitative estimate of drug-likeness (QED) is 0.418. The zero-order chi connectivity index (χ0) is 14.9. The molecule has 0 heterocycles. The molecule has 0 radical (unpaired) electrons. The van der Waals surface area contributed by atoms with Gasteiger partial charge in [0.2, 0.25) is 0 Å². The van der Waals surface area contributed by atoms with Crippen molar-refractivity contribution in [1.29, 1.82) is 0 Å². The summed E-state index contributed by atoms with van der Waals surface area (Å²) in [5, 5.41) is 0.731. The van der Waals surface area contributed by atoms with E-state index in [0.29, 0.717) is 3.92 Å². The van der Waals surface area contributed by atoms with Crippen LogP contribution in [0, 0.1) is 5.41 Å². The molecular weight excluding hydrogens is 387 g/mol. The zero-order valence-electron chi connectivity index (χ0n) is 11.9. The first-order chi connectivity index (χ1) is 9.36. The van der Waals surface area contributed by atoms with E-state index in [4.69, 9.17) is 16.3 Å². The highest BCUT2D eigenvalue weighted by atomic mass is 127. The summed E-state index contributed by atoms with van der Waals surface area (Å²) in [6.45, 7) is 4.23. The third kappa shape index (κ3) is 3.03. The van der Waals surface area contributed by atoms with E-state index in [1.165, 1.54) is 18.2 Å². The second-order valence-electron chi connectivity index (χ2n) is 5.67. The minimum absolute atomic E-state index is 0.143. The summed E-state index contributed by atoms with van der Waals surface area (Å²) in [4.78, 5) is 12.1. The lowest BCUT2D eigenvalue weighted by atomic mass is 9.85. The molecule has 0 fully saturated rings. The van der Waals surface area contributed by atoms with Crippen LogP contribution in [-0.2, 0) is 16.0 Å². The highest BCUT2D eigenvalue weighted by Crippen LogP contribution is 2.48. The van der Waals surface area contributed by atoms with Gasteiger partial charge < -0.3 is 4.74 Å². The summed E-state index contributed by atoms with van der Waals surface area (Å²) in [6.07, 6.45) is 1.71. The fourth-order valence-electron chi connectivity index (χ4n) is 2.70. The third-order valence-corrected chi connectivity index (χ3v) is 6.18. The van der Waals surface area contributed by atoms with Crippen LogP contribution in [0.25, 0.3) is 0 Å². The average molecular weight is 405 g/mol. The Kier molecular flexibility index (Phi) is 4.80. The van der Waals surface area contributed by atoms with Crippen molar-refractivity contribution in [2.24, 2.45) is 5.41 Å². The normalized spacial score (nSPS) is 21.1. The second-order valence-corrected chi connectivity index (χ2v) is 7.61. The molecule has 0 N–H and O–H groups in total. The van der Waals surface area contributed by atoms with Crippen LogP contribution in [0.5, 0.6) is 0 Å². The molecule has 1 aliphatic carbocycles. The van der Waals surface area contributed by atoms with E-state index >= 15 is 0 Å². The Morgan fingerprint density at radius 1 is 1.40 bits per heavy atom. The maximum absolute atomic E-state index is 12.1. The Bertz CT molecular complexity index is 546. The minimum Gasteiger partial charge on any atom is -0.466 e. The standard InChI is InChI=1S/C16H18ClIO2/c1-16(2)13(18)9-11(14(16)15(19)20-3)8-10-4-6-12(17)7-5-10/h4-7,13H,8-9H2,1-3H3. The van der Waals surface area contributed by atoms with Gasteiger partial charge >= 0.3 is 5.97 Å². The first kappa shape index (κ1) is 15.8. The van der Waals surface area contributed by atoms with Crippen molar-refractivity contribution in [2.75, 3.05) is 7.11 Å². The predicted octanol–water partition coefficient (Wildman–Crippen LogP) is 4.59. The van der Waals surface area contributed by atoms with Crippen molar-refractivity contribution in [3.8, 4) is 0 Å². The molecule has 1 atom stereocenters. The van der Waals surface area contributed by atoms with E-state index in [9.17, 15) is 4.79 Å². The van der Waals surface area contributed by atoms with Crippen molar-refractivity contribution in [3.63, 3.8) is 0 Å². The number of hydrogen-bond acceptors (Lipinski definition) is 2. The summed E-state index contributed by atoms with van der Waals surface area (Å²) in [5.41, 5.74) is 3.06. The largest absolute Gasteiger partial charge is 0.466 e. The van der Waals surface area contributed by atoms with Gasteiger partial charge in [0.1, 0.15) is 0 Å². The molecular formula is C16H18ClIO2. The van der Waals surface area contributed by atoms with E-state index < -0.39 is 0 Å². The third-order valence-electron chi connectivity index (χ3n) is 3.93. The van der Waals surface area contributed by atoms with Crippen molar-refractivity contribution in [2.45, 2.75) is 30.6 Å². The summed E-state index contributed by atoms with van der Waals surface area (Å²) < 4.78 is 5.40. The molecule has 2 nitrogen and oxygen atoms in total. The van der Waals surface area contributed by atoms with Gasteiger partial charge in [0.15, 0.2) is 0 Å². The average Bonchev–Trinajstić information content (AvgIpc) is 2.62. The lowest BCUT2D eigenvalue weighted by Crippen LogP contribution is -2.26. The second kappa shape index (κ2) is 6.06. The first-order valence-corrected chi connectivity index (χ1v) is 8.18. The van der Waals surface area contributed by atoms with Crippen LogP contribution in [-0.4, -0.2) is 17.0 Å². The molecule has 0 aromatic heterocycles. The van der Waals surface area contributed by atoms with Crippen molar-refractivity contribution in [3.05, 3.63) is 46.0 Å². The molecule has 108 valence electrons. The first-order valence-electron chi connectivity index (χ1n) is 6.55. The lowest BCUT2D eigenvalue weighted by Gasteiger charge is -2.25. The monoisotopic (exact) mass is 404 g/mol. The van der Waals surface area contributed by atoms with Crippen LogP contribution in [0.4, 0.5) is 0 Å². The van der Waals surface area contributed by atoms with Crippen LogP contribution >= 0.6 is 34.2 Å². The van der Waals surface area contributed by atoms with Gasteiger partial charge in [0, 0.05) is 19.9 Å². The Labute approximate surface area is 138 Å². The van der Waals surface area contributed by atoms with E-state index in [-0.39, 0.29) is 11.4 Å². The minimum atomic E-state index is -0.196. The molecule has 2 rings (SSSR count). The predicted molar refractivity (Wildman–Crippen MR) is 90.4 cm³/mol. The summed E-state index contributed by atoms with van der Waals surface area (Å²) >= 11 is 8.34. The summed E-state index contributed by atoms with van der Waals surface area (Å²) in [5.74, 6) is -0.196. The fourth-order valence-corrected chi connectivity index (χ4v) is 3.67. The van der Waals surface area contributed by atoms with Gasteiger partial charge in [-0.05, 0) is 30.5 Å². The molecule has 0 spiro atoms. The van der Waals surface area contributed by atoms with Crippen LogP contribution < -0.4 is 0 Å². The number of alkyl halides is 1. The number of carbonyl (C=O) groups excluding carboxylic acids is 1. The molecule has 1 aromatic rings. The molecule has 0 bridgehead atoms. The molecule has 0 amide bonds. The number of ether oxygens (including phenoxy) is 1. The molecule has 0 aliphatic heterocycles. The molecule has 1 aromatic carbocycles. The van der Waals surface area contributed by atoms with Crippen molar-refractivity contribution in [1.82, 2.24) is 0 Å². The van der Waals surface area contributed by atoms with E-state index in [1.807, 2.05) is 24.3 Å². The number of hydrogen-bond donors (Lipinski definition) is 0. The van der Waals surface area contributed by atoms with Gasteiger partial charge in [-0.15, -0.1) is 0 Å². The topological polar surface area (TPSA) is 26.3 Å². The number of esters is 1. The number of methoxy groups -OCH3 is 1. The Hall–Kier alpha value is -0.550. The number of allylic oxidation sites excluding steroid dienone is 1. The zero-order valence-corrected chi connectivity index (χ0v) is 14.8. The fraction of sp³-hybridized carbons (Fsp3) is 0.438. The Morgan fingerprint density at radius 2 is 2.00 bits per heavy atom. The molecule has 1 aliphatic rings. The molecule has 20 heavy (non-hydrogen) atoms. The van der Waals surface area contributed by atoms with Crippen LogP contribution in [0.15, 0.2) is 35.4 Å². The number of benzene rings is 1. The number of rotatable bonds is 3. The van der Waals surface area contributed by atoms with E-state index in [2.05, 4.69) is 36.4 Å². The highest BCUT2D eigenvalue weighted by Gasteiger charge is 2.43. The van der Waals surface area contributed by atoms with Crippen LogP contribution in [0.1, 0.15) is 25.8 Å². The van der Waals surface area contributed by atoms with Gasteiger partial charge in [0.05, 0.1) is 7.11 Å². The Balaban J connectivity index is 2.35. The van der Waals surface area contributed by atoms with E-state index in [0.717, 1.165) is 23.4 Å². The van der Waals surface area contributed by atoms with Crippen LogP contribution in [0.2, 0.25) is 5.02 Å².